The number of nitrogens with one attached hydrogen (secondary N) is 3. The molecule has 1 fully saturated rings. The van der Waals surface area contributed by atoms with Crippen molar-refractivity contribution in [2.75, 3.05) is 25.2 Å². The summed E-state index contributed by atoms with van der Waals surface area (Å²) < 4.78 is 0. The first-order valence-electron chi connectivity index (χ1n) is 10.2. The minimum atomic E-state index is -1.24. The van der Waals surface area contributed by atoms with Gasteiger partial charge in [-0.2, -0.15) is 11.8 Å². The molecule has 1 saturated heterocycles. The lowest BCUT2D eigenvalue weighted by Gasteiger charge is -2.29. The second-order valence-corrected chi connectivity index (χ2v) is 8.49. The molecule has 1 aromatic heterocycles. The third-order valence-corrected chi connectivity index (χ3v) is 5.84. The lowest BCUT2D eigenvalue weighted by Crippen LogP contribution is -2.58. The van der Waals surface area contributed by atoms with Crippen LogP contribution in [0.5, 0.6) is 0 Å². The number of rotatable bonds is 12. The summed E-state index contributed by atoms with van der Waals surface area (Å²) in [7, 11) is 0. The number of thioether (sulfide) groups is 1. The molecular weight excluding hydrogens is 440 g/mol. The molecule has 4 atom stereocenters. The Morgan fingerprint density at radius 2 is 2.09 bits per heavy atom. The summed E-state index contributed by atoms with van der Waals surface area (Å²) in [5, 5.41) is 24.0. The van der Waals surface area contributed by atoms with E-state index in [0.29, 0.717) is 30.7 Å². The van der Waals surface area contributed by atoms with Gasteiger partial charge in [0.1, 0.15) is 18.1 Å². The number of carbonyl (C=O) groups excluding carboxylic acids is 3. The number of H-pyrrole nitrogens is 1. The normalized spacial score (nSPS) is 18.6. The molecule has 7 N–H and O–H groups in total. The van der Waals surface area contributed by atoms with Crippen LogP contribution >= 0.6 is 11.8 Å². The van der Waals surface area contributed by atoms with Gasteiger partial charge in [-0.1, -0.05) is 0 Å². The molecule has 3 amide bonds. The van der Waals surface area contributed by atoms with Crippen LogP contribution in [0, 0.1) is 0 Å². The maximum absolute atomic E-state index is 12.9. The molecule has 0 spiro atoms. The lowest BCUT2D eigenvalue weighted by atomic mass is 10.1. The summed E-state index contributed by atoms with van der Waals surface area (Å²) in [6.07, 6.45) is 6.05. The topological polar surface area (TPSA) is 191 Å². The average Bonchev–Trinajstić information content (AvgIpc) is 3.46. The molecule has 4 unspecified atom stereocenters. The van der Waals surface area contributed by atoms with Crippen molar-refractivity contribution in [2.45, 2.75) is 49.9 Å². The Morgan fingerprint density at radius 1 is 1.34 bits per heavy atom. The second-order valence-electron chi connectivity index (χ2n) is 7.50. The molecule has 0 aliphatic carbocycles. The predicted molar refractivity (Wildman–Crippen MR) is 117 cm³/mol. The van der Waals surface area contributed by atoms with Crippen LogP contribution in [0.15, 0.2) is 12.5 Å². The van der Waals surface area contributed by atoms with Crippen LogP contribution in [-0.4, -0.2) is 98.1 Å². The van der Waals surface area contributed by atoms with Crippen LogP contribution < -0.4 is 16.4 Å². The van der Waals surface area contributed by atoms with Gasteiger partial charge >= 0.3 is 5.97 Å². The van der Waals surface area contributed by atoms with E-state index in [0.717, 1.165) is 0 Å². The van der Waals surface area contributed by atoms with Crippen LogP contribution in [-0.2, 0) is 25.6 Å². The first-order valence-corrected chi connectivity index (χ1v) is 11.6. The zero-order chi connectivity index (χ0) is 23.7. The fourth-order valence-electron chi connectivity index (χ4n) is 3.43. The highest BCUT2D eigenvalue weighted by Crippen LogP contribution is 2.19. The smallest absolute Gasteiger partial charge is 0.326 e. The van der Waals surface area contributed by atoms with Gasteiger partial charge in [0.05, 0.1) is 19.0 Å². The molecule has 2 rings (SSSR count). The van der Waals surface area contributed by atoms with Gasteiger partial charge in [0.2, 0.25) is 17.7 Å². The Hall–Kier alpha value is -2.64. The molecule has 0 saturated carbocycles. The fourth-order valence-corrected chi connectivity index (χ4v) is 3.92. The lowest BCUT2D eigenvalue weighted by molar-refractivity contribution is -0.145. The molecule has 0 radical (unpaired) electrons. The predicted octanol–water partition coefficient (Wildman–Crippen LogP) is -1.93. The summed E-state index contributed by atoms with van der Waals surface area (Å²) in [5.41, 5.74) is 6.36. The molecule has 1 aliphatic heterocycles. The number of carboxylic acid groups (broad SMARTS) is 1. The number of likely N-dealkylation sites (tertiary alicyclic amines) is 1. The Labute approximate surface area is 189 Å². The number of nitrogens with zero attached hydrogens (tertiary/aromatic N) is 2. The Kier molecular flexibility index (Phi) is 9.94. The molecule has 12 nitrogen and oxygen atoms in total. The summed E-state index contributed by atoms with van der Waals surface area (Å²) in [5.74, 6) is -2.33. The van der Waals surface area contributed by atoms with Crippen molar-refractivity contribution in [1.29, 1.82) is 0 Å². The van der Waals surface area contributed by atoms with E-state index >= 15 is 0 Å². The Bertz CT molecular complexity index is 791. The molecule has 1 aliphatic rings. The molecule has 178 valence electrons. The highest BCUT2D eigenvalue weighted by atomic mass is 32.2. The van der Waals surface area contributed by atoms with Crippen molar-refractivity contribution in [3.8, 4) is 0 Å². The second kappa shape index (κ2) is 12.4. The van der Waals surface area contributed by atoms with E-state index in [1.54, 1.807) is 0 Å². The third kappa shape index (κ3) is 6.93. The van der Waals surface area contributed by atoms with Crippen molar-refractivity contribution in [1.82, 2.24) is 25.5 Å². The van der Waals surface area contributed by atoms with Gasteiger partial charge in [-0.25, -0.2) is 9.78 Å². The van der Waals surface area contributed by atoms with Gasteiger partial charge < -0.3 is 36.5 Å². The number of aromatic nitrogens is 2. The number of imidazole rings is 1. The SMILES string of the molecule is CSCCC(N)C(=O)NC(CO)C(=O)N1CCCC1C(=O)NC(Cc1cnc[nH]1)C(=O)O. The van der Waals surface area contributed by atoms with E-state index in [1.165, 1.54) is 29.2 Å². The van der Waals surface area contributed by atoms with Gasteiger partial charge in [-0.05, 0) is 31.3 Å². The van der Waals surface area contributed by atoms with Crippen LogP contribution in [0.3, 0.4) is 0 Å². The number of carbonyl (C=O) groups is 4. The van der Waals surface area contributed by atoms with Crippen LogP contribution in [0.2, 0.25) is 0 Å². The van der Waals surface area contributed by atoms with Gasteiger partial charge in [0.15, 0.2) is 0 Å². The molecule has 1 aromatic rings. The number of amides is 3. The van der Waals surface area contributed by atoms with Crippen LogP contribution in [0.4, 0.5) is 0 Å². The maximum Gasteiger partial charge on any atom is 0.326 e. The number of aromatic amines is 1. The summed E-state index contributed by atoms with van der Waals surface area (Å²) in [4.78, 5) is 57.4. The van der Waals surface area contributed by atoms with E-state index in [1.807, 2.05) is 6.26 Å². The zero-order valence-electron chi connectivity index (χ0n) is 17.8. The van der Waals surface area contributed by atoms with Crippen molar-refractivity contribution in [3.63, 3.8) is 0 Å². The molecule has 13 heteroatoms. The Morgan fingerprint density at radius 3 is 2.69 bits per heavy atom. The largest absolute Gasteiger partial charge is 0.480 e. The highest BCUT2D eigenvalue weighted by molar-refractivity contribution is 7.98. The van der Waals surface area contributed by atoms with E-state index in [2.05, 4.69) is 20.6 Å². The summed E-state index contributed by atoms with van der Waals surface area (Å²) >= 11 is 1.53. The molecule has 0 aromatic carbocycles. The van der Waals surface area contributed by atoms with E-state index in [4.69, 9.17) is 5.73 Å². The highest BCUT2D eigenvalue weighted by Gasteiger charge is 2.39. The van der Waals surface area contributed by atoms with E-state index in [-0.39, 0.29) is 13.0 Å². The Balaban J connectivity index is 2.01. The van der Waals surface area contributed by atoms with Crippen molar-refractivity contribution in [3.05, 3.63) is 18.2 Å². The van der Waals surface area contributed by atoms with Crippen molar-refractivity contribution < 1.29 is 29.4 Å². The molecular formula is C19H30N6O6S. The first-order chi connectivity index (χ1) is 15.3. The standard InChI is InChI=1S/C19H30N6O6S/c1-32-6-4-12(20)16(27)24-14(9-26)18(29)25-5-2-3-15(25)17(28)23-13(19(30)31)7-11-8-21-10-22-11/h8,10,12-15,26H,2-7,9,20H2,1H3,(H,21,22)(H,23,28)(H,24,27)(H,30,31). The summed E-state index contributed by atoms with van der Waals surface area (Å²) in [6.45, 7) is -0.400. The minimum Gasteiger partial charge on any atom is -0.480 e. The van der Waals surface area contributed by atoms with Gasteiger partial charge in [0, 0.05) is 24.9 Å². The van der Waals surface area contributed by atoms with Crippen LogP contribution in [0.25, 0.3) is 0 Å². The van der Waals surface area contributed by atoms with Gasteiger partial charge in [-0.15, -0.1) is 0 Å². The van der Waals surface area contributed by atoms with Gasteiger partial charge in [0.25, 0.3) is 0 Å². The van der Waals surface area contributed by atoms with Crippen molar-refractivity contribution in [2.24, 2.45) is 5.73 Å². The number of carboxylic acids is 1. The van der Waals surface area contributed by atoms with Gasteiger partial charge in [-0.3, -0.25) is 14.4 Å². The molecule has 2 heterocycles. The van der Waals surface area contributed by atoms with Crippen LogP contribution in [0.1, 0.15) is 25.0 Å². The van der Waals surface area contributed by atoms with E-state index < -0.39 is 54.5 Å². The number of aliphatic hydroxyl groups is 1. The molecule has 0 bridgehead atoms. The number of nitrogens with two attached hydrogens (primary N) is 1. The number of aliphatic hydroxyl groups excluding tert-OH is 1. The first kappa shape index (κ1) is 25.6. The number of hydrogen-bond acceptors (Lipinski definition) is 8. The third-order valence-electron chi connectivity index (χ3n) is 5.20. The number of hydrogen-bond donors (Lipinski definition) is 6. The minimum absolute atomic E-state index is 0.00496. The van der Waals surface area contributed by atoms with Crippen molar-refractivity contribution >= 4 is 35.5 Å². The van der Waals surface area contributed by atoms with E-state index in [9.17, 15) is 29.4 Å². The monoisotopic (exact) mass is 470 g/mol. The fraction of sp³-hybridized carbons (Fsp3) is 0.632. The zero-order valence-corrected chi connectivity index (χ0v) is 18.6. The maximum atomic E-state index is 12.9. The average molecular weight is 471 g/mol. The summed E-state index contributed by atoms with van der Waals surface area (Å²) in [6, 6.07) is -4.16. The molecule has 32 heavy (non-hydrogen) atoms. The quantitative estimate of drug-likeness (QED) is 0.202. The number of aliphatic carboxylic acids is 1.